The molecule has 0 saturated heterocycles. The third kappa shape index (κ3) is 7.31. The summed E-state index contributed by atoms with van der Waals surface area (Å²) in [6, 6.07) is 6.84. The van der Waals surface area contributed by atoms with Gasteiger partial charge in [0, 0.05) is 24.7 Å². The van der Waals surface area contributed by atoms with Crippen LogP contribution in [0.1, 0.15) is 38.1 Å². The second-order valence-corrected chi connectivity index (χ2v) is 10.0. The number of benzene rings is 2. The number of nitrogens with one attached hydrogen (secondary N) is 2. The van der Waals surface area contributed by atoms with Crippen molar-refractivity contribution < 1.29 is 36.3 Å². The van der Waals surface area contributed by atoms with Crippen molar-refractivity contribution >= 4 is 33.5 Å². The smallest absolute Gasteiger partial charge is 0.329 e. The summed E-state index contributed by atoms with van der Waals surface area (Å²) in [6.45, 7) is 6.44. The molecule has 0 radical (unpaired) electrons. The lowest BCUT2D eigenvalue weighted by Gasteiger charge is -2.21. The van der Waals surface area contributed by atoms with Crippen LogP contribution in [0.25, 0.3) is 0 Å². The lowest BCUT2D eigenvalue weighted by atomic mass is 10.0. The Kier molecular flexibility index (Phi) is 10.1. The predicted octanol–water partition coefficient (Wildman–Crippen LogP) is 2.93. The molecule has 2 N–H and O–H groups in total. The van der Waals surface area contributed by atoms with Crippen molar-refractivity contribution in [1.82, 2.24) is 9.62 Å². The van der Waals surface area contributed by atoms with Crippen LogP contribution >= 0.6 is 0 Å². The number of ether oxygens (including phenoxy) is 1. The molecule has 0 aliphatic heterocycles. The number of nitrogens with zero attached hydrogens (tertiary/aromatic N) is 1. The Balaban J connectivity index is 2.07. The largest absolute Gasteiger partial charge is 0.454 e. The monoisotopic (exact) mass is 525 g/mol. The van der Waals surface area contributed by atoms with E-state index in [-0.39, 0.29) is 29.2 Å². The molecule has 12 heteroatoms. The molecule has 36 heavy (non-hydrogen) atoms. The van der Waals surface area contributed by atoms with E-state index in [1.807, 2.05) is 0 Å². The molecule has 1 unspecified atom stereocenters. The third-order valence-corrected chi connectivity index (χ3v) is 7.24. The van der Waals surface area contributed by atoms with Gasteiger partial charge in [-0.15, -0.1) is 0 Å². The molecule has 0 spiro atoms. The Labute approximate surface area is 208 Å². The van der Waals surface area contributed by atoms with E-state index < -0.39 is 58.0 Å². The fourth-order valence-electron chi connectivity index (χ4n) is 3.24. The highest BCUT2D eigenvalue weighted by molar-refractivity contribution is 7.89. The quantitative estimate of drug-likeness (QED) is 0.435. The highest BCUT2D eigenvalue weighted by atomic mass is 32.2. The first-order valence-corrected chi connectivity index (χ1v) is 12.7. The van der Waals surface area contributed by atoms with Gasteiger partial charge in [-0.1, -0.05) is 33.8 Å². The number of hydrogen-bond acceptors (Lipinski definition) is 6. The number of sulfonamides is 1. The van der Waals surface area contributed by atoms with Gasteiger partial charge in [-0.25, -0.2) is 22.0 Å². The fraction of sp³-hybridized carbons (Fsp3) is 0.375. The van der Waals surface area contributed by atoms with Gasteiger partial charge in [0.15, 0.2) is 6.61 Å². The van der Waals surface area contributed by atoms with Gasteiger partial charge in [-0.3, -0.25) is 9.59 Å². The van der Waals surface area contributed by atoms with Gasteiger partial charge in [0.2, 0.25) is 10.0 Å². The average molecular weight is 526 g/mol. The third-order valence-electron chi connectivity index (χ3n) is 5.20. The number of carbonyl (C=O) groups excluding carboxylic acids is 3. The summed E-state index contributed by atoms with van der Waals surface area (Å²) in [5.74, 6) is -4.74. The summed E-state index contributed by atoms with van der Waals surface area (Å²) >= 11 is 0. The molecule has 0 aromatic heterocycles. The molecule has 0 bridgehead atoms. The molecule has 2 aromatic carbocycles. The number of anilines is 1. The van der Waals surface area contributed by atoms with Crippen LogP contribution in [0.4, 0.5) is 14.5 Å². The number of carbonyl (C=O) groups is 3. The summed E-state index contributed by atoms with van der Waals surface area (Å²) < 4.78 is 58.4. The zero-order valence-electron chi connectivity index (χ0n) is 20.4. The molecular formula is C24H29F2N3O6S. The van der Waals surface area contributed by atoms with Crippen LogP contribution in [0.5, 0.6) is 0 Å². The van der Waals surface area contributed by atoms with Crippen LogP contribution in [0.2, 0.25) is 0 Å². The Bertz CT molecular complexity index is 1220. The normalized spacial score (nSPS) is 12.3. The molecule has 2 amide bonds. The van der Waals surface area contributed by atoms with E-state index in [2.05, 4.69) is 10.6 Å². The Morgan fingerprint density at radius 1 is 1.03 bits per heavy atom. The van der Waals surface area contributed by atoms with Gasteiger partial charge in [0.05, 0.1) is 10.6 Å². The maximum absolute atomic E-state index is 13.7. The maximum atomic E-state index is 13.7. The van der Waals surface area contributed by atoms with Crippen molar-refractivity contribution in [2.45, 2.75) is 38.6 Å². The Morgan fingerprint density at radius 2 is 1.69 bits per heavy atom. The van der Waals surface area contributed by atoms with Crippen LogP contribution in [-0.2, 0) is 24.3 Å². The molecule has 2 aromatic rings. The fourth-order valence-corrected chi connectivity index (χ4v) is 4.74. The number of halogens is 2. The number of esters is 1. The van der Waals surface area contributed by atoms with Crippen LogP contribution in [-0.4, -0.2) is 56.2 Å². The molecule has 9 nitrogen and oxygen atoms in total. The highest BCUT2D eigenvalue weighted by Crippen LogP contribution is 2.18. The minimum atomic E-state index is -3.80. The summed E-state index contributed by atoms with van der Waals surface area (Å²) in [4.78, 5) is 37.4. The van der Waals surface area contributed by atoms with Crippen molar-refractivity contribution in [3.63, 3.8) is 0 Å². The summed E-state index contributed by atoms with van der Waals surface area (Å²) in [6.07, 6.45) is 0. The van der Waals surface area contributed by atoms with E-state index in [1.54, 1.807) is 27.7 Å². The predicted molar refractivity (Wildman–Crippen MR) is 129 cm³/mol. The molecule has 0 aliphatic rings. The maximum Gasteiger partial charge on any atom is 0.329 e. The van der Waals surface area contributed by atoms with Crippen LogP contribution in [0, 0.1) is 17.6 Å². The Morgan fingerprint density at radius 3 is 2.28 bits per heavy atom. The molecule has 0 aliphatic carbocycles. The average Bonchev–Trinajstić information content (AvgIpc) is 2.83. The standard InChI is InChI=1S/C24H29F2N3O6S/c1-5-29(6-2)36(33,34)18-9-7-8-16(12-18)23(31)28-22(15(3)4)24(32)35-14-21(30)27-20-11-10-17(25)13-19(20)26/h7-13,15,22H,5-6,14H2,1-4H3,(H,27,30)(H,28,31). The molecule has 0 heterocycles. The first-order chi connectivity index (χ1) is 16.9. The van der Waals surface area contributed by atoms with E-state index in [0.717, 1.165) is 12.1 Å². The van der Waals surface area contributed by atoms with Crippen molar-refractivity contribution in [3.8, 4) is 0 Å². The first kappa shape index (κ1) is 28.9. The van der Waals surface area contributed by atoms with E-state index in [9.17, 15) is 31.6 Å². The minimum Gasteiger partial charge on any atom is -0.454 e. The number of hydrogen-bond donors (Lipinski definition) is 2. The van der Waals surface area contributed by atoms with E-state index in [1.165, 1.54) is 28.6 Å². The zero-order valence-corrected chi connectivity index (χ0v) is 21.2. The van der Waals surface area contributed by atoms with E-state index >= 15 is 0 Å². The van der Waals surface area contributed by atoms with Crippen LogP contribution in [0.15, 0.2) is 47.4 Å². The van der Waals surface area contributed by atoms with Gasteiger partial charge in [0.25, 0.3) is 11.8 Å². The molecule has 0 fully saturated rings. The van der Waals surface area contributed by atoms with Gasteiger partial charge in [-0.2, -0.15) is 4.31 Å². The van der Waals surface area contributed by atoms with Crippen molar-refractivity contribution in [2.75, 3.05) is 25.0 Å². The lowest BCUT2D eigenvalue weighted by molar-refractivity contribution is -0.150. The summed E-state index contributed by atoms with van der Waals surface area (Å²) in [5.41, 5.74) is -0.267. The summed E-state index contributed by atoms with van der Waals surface area (Å²) in [5, 5.41) is 4.66. The molecule has 1 atom stereocenters. The molecule has 2 rings (SSSR count). The summed E-state index contributed by atoms with van der Waals surface area (Å²) in [7, 11) is -3.80. The van der Waals surface area contributed by atoms with Crippen LogP contribution in [0.3, 0.4) is 0 Å². The molecular weight excluding hydrogens is 496 g/mol. The topological polar surface area (TPSA) is 122 Å². The molecule has 0 saturated carbocycles. The van der Waals surface area contributed by atoms with E-state index in [0.29, 0.717) is 6.07 Å². The number of rotatable bonds is 11. The van der Waals surface area contributed by atoms with Crippen molar-refractivity contribution in [3.05, 3.63) is 59.7 Å². The van der Waals surface area contributed by atoms with Crippen LogP contribution < -0.4 is 10.6 Å². The second kappa shape index (κ2) is 12.5. The zero-order chi connectivity index (χ0) is 27.0. The molecule has 196 valence electrons. The van der Waals surface area contributed by atoms with Gasteiger partial charge in [-0.05, 0) is 36.2 Å². The number of amides is 2. The van der Waals surface area contributed by atoms with Gasteiger partial charge < -0.3 is 15.4 Å². The minimum absolute atomic E-state index is 0.0196. The highest BCUT2D eigenvalue weighted by Gasteiger charge is 2.28. The van der Waals surface area contributed by atoms with Gasteiger partial charge in [0.1, 0.15) is 17.7 Å². The Hall–Kier alpha value is -3.38. The van der Waals surface area contributed by atoms with Crippen molar-refractivity contribution in [2.24, 2.45) is 5.92 Å². The lowest BCUT2D eigenvalue weighted by Crippen LogP contribution is -2.46. The second-order valence-electron chi connectivity index (χ2n) is 8.09. The first-order valence-electron chi connectivity index (χ1n) is 11.2. The SMILES string of the molecule is CCN(CC)S(=O)(=O)c1cccc(C(=O)NC(C(=O)OCC(=O)Nc2ccc(F)cc2F)C(C)C)c1. The van der Waals surface area contributed by atoms with E-state index in [4.69, 9.17) is 4.74 Å². The van der Waals surface area contributed by atoms with Crippen molar-refractivity contribution in [1.29, 1.82) is 0 Å². The van der Waals surface area contributed by atoms with Gasteiger partial charge >= 0.3 is 5.97 Å².